The summed E-state index contributed by atoms with van der Waals surface area (Å²) in [4.78, 5) is 13.6. The molecule has 0 amide bonds. The van der Waals surface area contributed by atoms with Crippen LogP contribution in [0.4, 0.5) is 0 Å². The van der Waals surface area contributed by atoms with Gasteiger partial charge in [0.25, 0.3) is 0 Å². The van der Waals surface area contributed by atoms with Gasteiger partial charge >= 0.3 is 5.97 Å². The van der Waals surface area contributed by atoms with Crippen LogP contribution in [-0.4, -0.2) is 36.2 Å². The highest BCUT2D eigenvalue weighted by Gasteiger charge is 2.47. The monoisotopic (exact) mass is 235 g/mol. The summed E-state index contributed by atoms with van der Waals surface area (Å²) in [5, 5.41) is 9.64. The number of rotatable bonds is 3. The van der Waals surface area contributed by atoms with E-state index in [9.17, 15) is 9.90 Å². The lowest BCUT2D eigenvalue weighted by atomic mass is 9.83. The van der Waals surface area contributed by atoms with Crippen molar-refractivity contribution in [1.29, 1.82) is 0 Å². The van der Waals surface area contributed by atoms with Gasteiger partial charge in [0, 0.05) is 12.0 Å². The van der Waals surface area contributed by atoms with Crippen LogP contribution in [0.1, 0.15) is 18.9 Å². The van der Waals surface area contributed by atoms with Crippen molar-refractivity contribution in [2.45, 2.75) is 18.9 Å². The molecule has 0 spiro atoms. The predicted octanol–water partition coefficient (Wildman–Crippen LogP) is 1.70. The molecule has 0 aromatic heterocycles. The van der Waals surface area contributed by atoms with E-state index in [1.54, 1.807) is 0 Å². The molecule has 0 radical (unpaired) electrons. The van der Waals surface area contributed by atoms with E-state index in [2.05, 4.69) is 0 Å². The Morgan fingerprint density at radius 1 is 1.53 bits per heavy atom. The molecule has 92 valence electrons. The highest BCUT2D eigenvalue weighted by Crippen LogP contribution is 2.40. The molecular formula is C13H17NO3. The Balaban J connectivity index is 2.59. The number of benzene rings is 1. The highest BCUT2D eigenvalue weighted by atomic mass is 16.5. The second kappa shape index (κ2) is 4.37. The Kier molecular flexibility index (Phi) is 3.07. The van der Waals surface area contributed by atoms with Crippen molar-refractivity contribution < 1.29 is 14.6 Å². The molecule has 0 aliphatic carbocycles. The molecule has 0 fully saturated rings. The number of nitrogens with zero attached hydrogens (tertiary/aromatic N) is 1. The predicted molar refractivity (Wildman–Crippen MR) is 64.2 cm³/mol. The van der Waals surface area contributed by atoms with Crippen molar-refractivity contribution in [3.63, 3.8) is 0 Å². The molecular weight excluding hydrogens is 218 g/mol. The van der Waals surface area contributed by atoms with Crippen molar-refractivity contribution in [3.05, 3.63) is 29.8 Å². The minimum atomic E-state index is -0.955. The molecule has 1 aromatic carbocycles. The molecule has 17 heavy (non-hydrogen) atoms. The molecule has 4 heteroatoms. The standard InChI is InChI=1S/C13H17NO3/c1-3-14(2)13(12(15)16)8-9-17-11-7-5-4-6-10(11)13/h4-7H,3,8-9H2,1-2H3,(H,15,16). The number of hydrogen-bond acceptors (Lipinski definition) is 3. The Hall–Kier alpha value is -1.55. The Morgan fingerprint density at radius 3 is 2.88 bits per heavy atom. The number of fused-ring (bicyclic) bond motifs is 1. The van der Waals surface area contributed by atoms with Gasteiger partial charge < -0.3 is 9.84 Å². The molecule has 0 saturated carbocycles. The first kappa shape index (κ1) is 11.9. The van der Waals surface area contributed by atoms with E-state index >= 15 is 0 Å². The number of carbonyl (C=O) groups is 1. The number of para-hydroxylation sites is 1. The largest absolute Gasteiger partial charge is 0.493 e. The lowest BCUT2D eigenvalue weighted by Crippen LogP contribution is -2.52. The van der Waals surface area contributed by atoms with Gasteiger partial charge in [0.05, 0.1) is 6.61 Å². The first-order valence-electron chi connectivity index (χ1n) is 5.80. The van der Waals surface area contributed by atoms with Crippen molar-refractivity contribution in [2.24, 2.45) is 0 Å². The first-order chi connectivity index (χ1) is 8.13. The van der Waals surface area contributed by atoms with Gasteiger partial charge in [-0.3, -0.25) is 4.90 Å². The molecule has 1 aliphatic heterocycles. The fraction of sp³-hybridized carbons (Fsp3) is 0.462. The van der Waals surface area contributed by atoms with Crippen molar-refractivity contribution >= 4 is 5.97 Å². The summed E-state index contributed by atoms with van der Waals surface area (Å²) in [5.41, 5.74) is -0.202. The maximum atomic E-state index is 11.7. The van der Waals surface area contributed by atoms with E-state index in [1.807, 2.05) is 43.1 Å². The van der Waals surface area contributed by atoms with E-state index in [0.29, 0.717) is 25.3 Å². The minimum absolute atomic E-state index is 0.438. The maximum absolute atomic E-state index is 11.7. The summed E-state index contributed by atoms with van der Waals surface area (Å²) in [7, 11) is 1.84. The fourth-order valence-electron chi connectivity index (χ4n) is 2.43. The SMILES string of the molecule is CCN(C)C1(C(=O)O)CCOc2ccccc21. The number of aliphatic carboxylic acids is 1. The molecule has 0 bridgehead atoms. The van der Waals surface area contributed by atoms with Crippen LogP contribution in [0.3, 0.4) is 0 Å². The van der Waals surface area contributed by atoms with Gasteiger partial charge in [0.1, 0.15) is 5.75 Å². The average Bonchev–Trinajstić information content (AvgIpc) is 2.36. The van der Waals surface area contributed by atoms with E-state index in [1.165, 1.54) is 0 Å². The maximum Gasteiger partial charge on any atom is 0.329 e. The molecule has 2 rings (SSSR count). The summed E-state index contributed by atoms with van der Waals surface area (Å²) >= 11 is 0. The summed E-state index contributed by atoms with van der Waals surface area (Å²) < 4.78 is 5.53. The fourth-order valence-corrected chi connectivity index (χ4v) is 2.43. The molecule has 1 aliphatic rings. The normalized spacial score (nSPS) is 23.0. The third kappa shape index (κ3) is 1.69. The summed E-state index contributed by atoms with van der Waals surface area (Å²) in [6.45, 7) is 3.08. The van der Waals surface area contributed by atoms with Gasteiger partial charge in [-0.2, -0.15) is 0 Å². The molecule has 1 aromatic rings. The topological polar surface area (TPSA) is 49.8 Å². The van der Waals surface area contributed by atoms with Crippen LogP contribution < -0.4 is 4.74 Å². The molecule has 1 heterocycles. The molecule has 1 N–H and O–H groups in total. The van der Waals surface area contributed by atoms with Gasteiger partial charge in [0.2, 0.25) is 0 Å². The zero-order valence-electron chi connectivity index (χ0n) is 10.1. The zero-order chi connectivity index (χ0) is 12.5. The van der Waals surface area contributed by atoms with Crippen LogP contribution in [-0.2, 0) is 10.3 Å². The quantitative estimate of drug-likeness (QED) is 0.866. The van der Waals surface area contributed by atoms with Crippen molar-refractivity contribution in [3.8, 4) is 5.75 Å². The lowest BCUT2D eigenvalue weighted by Gasteiger charge is -2.41. The number of carboxylic acids is 1. The number of likely N-dealkylation sites (N-methyl/N-ethyl adjacent to an activating group) is 1. The van der Waals surface area contributed by atoms with E-state index in [4.69, 9.17) is 4.74 Å². The second-order valence-electron chi connectivity index (χ2n) is 4.27. The van der Waals surface area contributed by atoms with E-state index in [0.717, 1.165) is 5.56 Å². The van der Waals surface area contributed by atoms with Gasteiger partial charge in [-0.25, -0.2) is 4.79 Å². The molecule has 1 atom stereocenters. The zero-order valence-corrected chi connectivity index (χ0v) is 10.1. The molecule has 4 nitrogen and oxygen atoms in total. The minimum Gasteiger partial charge on any atom is -0.493 e. The smallest absolute Gasteiger partial charge is 0.329 e. The first-order valence-corrected chi connectivity index (χ1v) is 5.80. The van der Waals surface area contributed by atoms with E-state index < -0.39 is 11.5 Å². The Bertz CT molecular complexity index is 432. The van der Waals surface area contributed by atoms with Crippen LogP contribution in [0.25, 0.3) is 0 Å². The second-order valence-corrected chi connectivity index (χ2v) is 4.27. The van der Waals surface area contributed by atoms with Gasteiger partial charge in [-0.15, -0.1) is 0 Å². The van der Waals surface area contributed by atoms with Gasteiger partial charge in [-0.05, 0) is 19.7 Å². The number of hydrogen-bond donors (Lipinski definition) is 1. The number of ether oxygens (including phenoxy) is 1. The third-order valence-corrected chi connectivity index (χ3v) is 3.53. The summed E-state index contributed by atoms with van der Waals surface area (Å²) in [6, 6.07) is 7.39. The van der Waals surface area contributed by atoms with Crippen LogP contribution >= 0.6 is 0 Å². The van der Waals surface area contributed by atoms with Gasteiger partial charge in [-0.1, -0.05) is 25.1 Å². The van der Waals surface area contributed by atoms with Crippen LogP contribution in [0.15, 0.2) is 24.3 Å². The third-order valence-electron chi connectivity index (χ3n) is 3.53. The van der Waals surface area contributed by atoms with Crippen LogP contribution in [0, 0.1) is 0 Å². The van der Waals surface area contributed by atoms with Crippen molar-refractivity contribution in [1.82, 2.24) is 4.90 Å². The van der Waals surface area contributed by atoms with Crippen molar-refractivity contribution in [2.75, 3.05) is 20.2 Å². The molecule has 0 saturated heterocycles. The van der Waals surface area contributed by atoms with Crippen LogP contribution in [0.2, 0.25) is 0 Å². The van der Waals surface area contributed by atoms with Gasteiger partial charge in [0.15, 0.2) is 5.54 Å². The lowest BCUT2D eigenvalue weighted by molar-refractivity contribution is -0.153. The summed E-state index contributed by atoms with van der Waals surface area (Å²) in [6.07, 6.45) is 0.476. The Morgan fingerprint density at radius 2 is 2.24 bits per heavy atom. The van der Waals surface area contributed by atoms with E-state index in [-0.39, 0.29) is 0 Å². The van der Waals surface area contributed by atoms with Crippen LogP contribution in [0.5, 0.6) is 5.75 Å². The number of carboxylic acid groups (broad SMARTS) is 1. The average molecular weight is 235 g/mol. The summed E-state index contributed by atoms with van der Waals surface area (Å²) in [5.74, 6) is -0.126. The Labute approximate surface area is 101 Å². The highest BCUT2D eigenvalue weighted by molar-refractivity contribution is 5.82. The molecule has 1 unspecified atom stereocenters.